The molecule has 0 aromatic heterocycles. The minimum atomic E-state index is -1.56. The van der Waals surface area contributed by atoms with Gasteiger partial charge in [0.05, 0.1) is 0 Å². The molecule has 0 aliphatic carbocycles. The van der Waals surface area contributed by atoms with Crippen molar-refractivity contribution in [2.75, 3.05) is 0 Å². The van der Waals surface area contributed by atoms with E-state index in [2.05, 4.69) is 6.92 Å². The molecular formula is C17H27BO4. The molecule has 0 bridgehead atoms. The SMILES string of the molecule is CCCCCCC(=O)CC(Cc1cccc(C)c1O)B(O)O. The Kier molecular flexibility index (Phi) is 8.21. The second kappa shape index (κ2) is 9.64. The molecule has 0 amide bonds. The number of benzene rings is 1. The molecule has 0 heterocycles. The molecule has 0 aliphatic rings. The summed E-state index contributed by atoms with van der Waals surface area (Å²) in [7, 11) is -1.56. The molecule has 1 aromatic rings. The van der Waals surface area contributed by atoms with Gasteiger partial charge in [-0.2, -0.15) is 0 Å². The van der Waals surface area contributed by atoms with Gasteiger partial charge in [0.1, 0.15) is 11.5 Å². The van der Waals surface area contributed by atoms with Crippen LogP contribution in [0.5, 0.6) is 5.75 Å². The lowest BCUT2D eigenvalue weighted by atomic mass is 9.66. The second-order valence-electron chi connectivity index (χ2n) is 6.01. The van der Waals surface area contributed by atoms with E-state index in [9.17, 15) is 19.9 Å². The highest BCUT2D eigenvalue weighted by atomic mass is 16.4. The molecular weight excluding hydrogens is 279 g/mol. The van der Waals surface area contributed by atoms with Crippen molar-refractivity contribution < 1.29 is 19.9 Å². The van der Waals surface area contributed by atoms with E-state index in [1.807, 2.05) is 6.07 Å². The first-order valence-electron chi connectivity index (χ1n) is 8.11. The van der Waals surface area contributed by atoms with Gasteiger partial charge in [-0.25, -0.2) is 0 Å². The van der Waals surface area contributed by atoms with Crippen molar-refractivity contribution in [1.29, 1.82) is 0 Å². The highest BCUT2D eigenvalue weighted by Crippen LogP contribution is 2.28. The Labute approximate surface area is 133 Å². The van der Waals surface area contributed by atoms with Crippen molar-refractivity contribution in [2.45, 2.75) is 64.6 Å². The Morgan fingerprint density at radius 2 is 1.95 bits per heavy atom. The fourth-order valence-electron chi connectivity index (χ4n) is 2.59. The van der Waals surface area contributed by atoms with E-state index in [4.69, 9.17) is 0 Å². The first-order chi connectivity index (χ1) is 10.5. The first-order valence-corrected chi connectivity index (χ1v) is 8.11. The number of phenols is 1. The molecule has 122 valence electrons. The molecule has 0 saturated carbocycles. The molecule has 4 nitrogen and oxygen atoms in total. The van der Waals surface area contributed by atoms with E-state index in [-0.39, 0.29) is 24.4 Å². The van der Waals surface area contributed by atoms with E-state index in [0.717, 1.165) is 31.2 Å². The summed E-state index contributed by atoms with van der Waals surface area (Å²) in [5, 5.41) is 29.0. The number of hydrogen-bond acceptors (Lipinski definition) is 4. The van der Waals surface area contributed by atoms with Crippen LogP contribution in [-0.4, -0.2) is 28.1 Å². The van der Waals surface area contributed by atoms with Crippen molar-refractivity contribution in [3.63, 3.8) is 0 Å². The third-order valence-corrected chi connectivity index (χ3v) is 4.02. The minimum absolute atomic E-state index is 0.0568. The Balaban J connectivity index is 2.58. The van der Waals surface area contributed by atoms with Crippen LogP contribution in [0.3, 0.4) is 0 Å². The molecule has 0 saturated heterocycles. The lowest BCUT2D eigenvalue weighted by Crippen LogP contribution is -2.24. The summed E-state index contributed by atoms with van der Waals surface area (Å²) >= 11 is 0. The van der Waals surface area contributed by atoms with Crippen molar-refractivity contribution >= 4 is 12.9 Å². The third kappa shape index (κ3) is 6.20. The normalized spacial score (nSPS) is 12.2. The second-order valence-corrected chi connectivity index (χ2v) is 6.01. The van der Waals surface area contributed by atoms with Crippen LogP contribution in [0.15, 0.2) is 18.2 Å². The Morgan fingerprint density at radius 3 is 2.59 bits per heavy atom. The van der Waals surface area contributed by atoms with Gasteiger partial charge < -0.3 is 15.2 Å². The number of hydrogen-bond donors (Lipinski definition) is 3. The van der Waals surface area contributed by atoms with Crippen LogP contribution in [0.1, 0.15) is 56.6 Å². The van der Waals surface area contributed by atoms with Gasteiger partial charge in [0.25, 0.3) is 0 Å². The minimum Gasteiger partial charge on any atom is -0.507 e. The topological polar surface area (TPSA) is 77.8 Å². The predicted octanol–water partition coefficient (Wildman–Crippen LogP) is 3.02. The quantitative estimate of drug-likeness (QED) is 0.459. The zero-order valence-electron chi connectivity index (χ0n) is 13.6. The molecule has 0 aliphatic heterocycles. The largest absolute Gasteiger partial charge is 0.507 e. The Morgan fingerprint density at radius 1 is 1.23 bits per heavy atom. The molecule has 1 unspecified atom stereocenters. The van der Waals surface area contributed by atoms with Crippen molar-refractivity contribution in [2.24, 2.45) is 0 Å². The Hall–Kier alpha value is -1.33. The number of Topliss-reactive ketones (excluding diaryl/α,β-unsaturated/α-hetero) is 1. The summed E-state index contributed by atoms with van der Waals surface area (Å²) < 4.78 is 0. The van der Waals surface area contributed by atoms with E-state index in [1.165, 1.54) is 0 Å². The van der Waals surface area contributed by atoms with E-state index in [1.54, 1.807) is 19.1 Å². The molecule has 22 heavy (non-hydrogen) atoms. The highest BCUT2D eigenvalue weighted by Gasteiger charge is 2.27. The lowest BCUT2D eigenvalue weighted by Gasteiger charge is -2.16. The number of phenolic OH excluding ortho intramolecular Hbond substituents is 1. The van der Waals surface area contributed by atoms with Crippen molar-refractivity contribution in [1.82, 2.24) is 0 Å². The number of unbranched alkanes of at least 4 members (excludes halogenated alkanes) is 3. The summed E-state index contributed by atoms with van der Waals surface area (Å²) in [5.74, 6) is -0.351. The average molecular weight is 306 g/mol. The van der Waals surface area contributed by atoms with Crippen LogP contribution in [0.25, 0.3) is 0 Å². The van der Waals surface area contributed by atoms with Gasteiger partial charge in [0, 0.05) is 18.7 Å². The van der Waals surface area contributed by atoms with Gasteiger partial charge in [-0.3, -0.25) is 4.79 Å². The van der Waals surface area contributed by atoms with Crippen LogP contribution < -0.4 is 0 Å². The lowest BCUT2D eigenvalue weighted by molar-refractivity contribution is -0.119. The van der Waals surface area contributed by atoms with Gasteiger partial charge in [0.15, 0.2) is 0 Å². The van der Waals surface area contributed by atoms with E-state index < -0.39 is 12.9 Å². The fraction of sp³-hybridized carbons (Fsp3) is 0.588. The van der Waals surface area contributed by atoms with E-state index in [0.29, 0.717) is 12.0 Å². The average Bonchev–Trinajstić information content (AvgIpc) is 2.47. The maximum absolute atomic E-state index is 12.0. The molecule has 1 rings (SSSR count). The van der Waals surface area contributed by atoms with Crippen molar-refractivity contribution in [3.8, 4) is 5.75 Å². The maximum Gasteiger partial charge on any atom is 0.455 e. The molecule has 1 atom stereocenters. The van der Waals surface area contributed by atoms with Crippen molar-refractivity contribution in [3.05, 3.63) is 29.3 Å². The maximum atomic E-state index is 12.0. The zero-order chi connectivity index (χ0) is 16.5. The molecule has 0 radical (unpaired) electrons. The van der Waals surface area contributed by atoms with Gasteiger partial charge in [-0.05, 0) is 30.9 Å². The summed E-state index contributed by atoms with van der Waals surface area (Å²) in [6.45, 7) is 3.91. The van der Waals surface area contributed by atoms with Crippen LogP contribution in [0.2, 0.25) is 5.82 Å². The summed E-state index contributed by atoms with van der Waals surface area (Å²) in [6, 6.07) is 5.36. The van der Waals surface area contributed by atoms with Crippen LogP contribution in [0.4, 0.5) is 0 Å². The summed E-state index contributed by atoms with van der Waals surface area (Å²) in [4.78, 5) is 12.0. The van der Waals surface area contributed by atoms with Gasteiger partial charge >= 0.3 is 7.12 Å². The smallest absolute Gasteiger partial charge is 0.455 e. The van der Waals surface area contributed by atoms with Gasteiger partial charge in [0.2, 0.25) is 0 Å². The van der Waals surface area contributed by atoms with Gasteiger partial charge in [-0.1, -0.05) is 44.4 Å². The van der Waals surface area contributed by atoms with Gasteiger partial charge in [-0.15, -0.1) is 0 Å². The predicted molar refractivity (Wildman–Crippen MR) is 88.9 cm³/mol. The number of ketones is 1. The molecule has 0 spiro atoms. The number of aryl methyl sites for hydroxylation is 1. The molecule has 1 aromatic carbocycles. The van der Waals surface area contributed by atoms with Crippen LogP contribution in [-0.2, 0) is 11.2 Å². The van der Waals surface area contributed by atoms with E-state index >= 15 is 0 Å². The Bertz CT molecular complexity index is 474. The fourth-order valence-corrected chi connectivity index (χ4v) is 2.59. The first kappa shape index (κ1) is 18.7. The molecule has 0 fully saturated rings. The zero-order valence-corrected chi connectivity index (χ0v) is 13.6. The molecule has 5 heteroatoms. The standard InChI is InChI=1S/C17H27BO4/c1-3-4-5-6-10-16(19)12-15(18(21)22)11-14-9-7-8-13(2)17(14)20/h7-9,15,20-22H,3-6,10-12H2,1-2H3. The molecule has 3 N–H and O–H groups in total. The number of aromatic hydroxyl groups is 1. The number of carbonyl (C=O) groups excluding carboxylic acids is 1. The highest BCUT2D eigenvalue weighted by molar-refractivity contribution is 6.43. The number of rotatable bonds is 10. The summed E-state index contributed by atoms with van der Waals surface area (Å²) in [5.41, 5.74) is 1.39. The monoisotopic (exact) mass is 306 g/mol. The third-order valence-electron chi connectivity index (χ3n) is 4.02. The number of carbonyl (C=O) groups is 1. The van der Waals surface area contributed by atoms with Crippen LogP contribution in [0, 0.1) is 6.92 Å². The summed E-state index contributed by atoms with van der Waals surface area (Å²) in [6.07, 6.45) is 5.05. The number of para-hydroxylation sites is 1. The van der Waals surface area contributed by atoms with Crippen LogP contribution >= 0.6 is 0 Å².